The highest BCUT2D eigenvalue weighted by Crippen LogP contribution is 2.19. The standard InChI is InChI=1S/C14H14O7/c15-6-9(16)12-13(11(18)14(19)21-12)20-7-10(17)8-4-2-1-3-5-8/h1-5,9,12-13,15-16H,6-7H2/t9-,12+,13?/m0/s1. The Morgan fingerprint density at radius 2 is 1.95 bits per heavy atom. The smallest absolute Gasteiger partial charge is 0.378 e. The van der Waals surface area contributed by atoms with Gasteiger partial charge in [0.25, 0.3) is 5.78 Å². The summed E-state index contributed by atoms with van der Waals surface area (Å²) < 4.78 is 9.76. The number of hydrogen-bond acceptors (Lipinski definition) is 7. The number of esters is 1. The quantitative estimate of drug-likeness (QED) is 0.397. The Kier molecular flexibility index (Phi) is 4.79. The molecule has 1 heterocycles. The lowest BCUT2D eigenvalue weighted by Crippen LogP contribution is -2.41. The molecule has 0 bridgehead atoms. The zero-order chi connectivity index (χ0) is 15.4. The van der Waals surface area contributed by atoms with E-state index >= 15 is 0 Å². The molecule has 0 amide bonds. The monoisotopic (exact) mass is 294 g/mol. The van der Waals surface area contributed by atoms with Gasteiger partial charge < -0.3 is 19.7 Å². The molecule has 0 radical (unpaired) electrons. The maximum atomic E-state index is 11.9. The van der Waals surface area contributed by atoms with Crippen molar-refractivity contribution < 1.29 is 34.1 Å². The fourth-order valence-electron chi connectivity index (χ4n) is 1.94. The van der Waals surface area contributed by atoms with E-state index in [4.69, 9.17) is 9.84 Å². The Bertz CT molecular complexity index is 540. The van der Waals surface area contributed by atoms with Crippen LogP contribution in [0.3, 0.4) is 0 Å². The van der Waals surface area contributed by atoms with Gasteiger partial charge >= 0.3 is 5.97 Å². The number of carbonyl (C=O) groups is 3. The molecule has 0 aliphatic carbocycles. The lowest BCUT2D eigenvalue weighted by Gasteiger charge is -2.20. The van der Waals surface area contributed by atoms with Gasteiger partial charge in [-0.25, -0.2) is 4.79 Å². The minimum absolute atomic E-state index is 0.375. The summed E-state index contributed by atoms with van der Waals surface area (Å²) in [6.45, 7) is -1.14. The first-order chi connectivity index (χ1) is 10.0. The molecule has 2 rings (SSSR count). The van der Waals surface area contributed by atoms with Crippen molar-refractivity contribution >= 4 is 17.5 Å². The predicted octanol–water partition coefficient (Wildman–Crippen LogP) is -0.898. The molecule has 1 aliphatic rings. The van der Waals surface area contributed by atoms with Crippen LogP contribution in [0.15, 0.2) is 30.3 Å². The average molecular weight is 294 g/mol. The number of cyclic esters (lactones) is 1. The first kappa shape index (κ1) is 15.3. The van der Waals surface area contributed by atoms with Gasteiger partial charge in [0, 0.05) is 5.56 Å². The molecule has 7 heteroatoms. The average Bonchev–Trinajstić information content (AvgIpc) is 2.80. The van der Waals surface area contributed by atoms with Crippen molar-refractivity contribution in [1.29, 1.82) is 0 Å². The number of aliphatic hydroxyl groups is 2. The van der Waals surface area contributed by atoms with Crippen LogP contribution in [0.5, 0.6) is 0 Å². The molecule has 112 valence electrons. The third-order valence-corrected chi connectivity index (χ3v) is 3.06. The molecule has 1 saturated heterocycles. The summed E-state index contributed by atoms with van der Waals surface area (Å²) in [5.41, 5.74) is 0.398. The van der Waals surface area contributed by atoms with Crippen LogP contribution >= 0.6 is 0 Å². The highest BCUT2D eigenvalue weighted by atomic mass is 16.6. The van der Waals surface area contributed by atoms with E-state index in [2.05, 4.69) is 4.74 Å². The van der Waals surface area contributed by atoms with E-state index in [1.165, 1.54) is 0 Å². The molecule has 1 aliphatic heterocycles. The summed E-state index contributed by atoms with van der Waals surface area (Å²) >= 11 is 0. The van der Waals surface area contributed by atoms with Crippen LogP contribution < -0.4 is 0 Å². The van der Waals surface area contributed by atoms with Gasteiger partial charge in [0.15, 0.2) is 18.0 Å². The maximum absolute atomic E-state index is 11.9. The van der Waals surface area contributed by atoms with Crippen molar-refractivity contribution in [2.75, 3.05) is 13.2 Å². The van der Waals surface area contributed by atoms with Crippen LogP contribution in [0.1, 0.15) is 10.4 Å². The number of ketones is 2. The molecule has 0 aromatic heterocycles. The van der Waals surface area contributed by atoms with Gasteiger partial charge in [-0.2, -0.15) is 0 Å². The van der Waals surface area contributed by atoms with E-state index in [1.54, 1.807) is 30.3 Å². The lowest BCUT2D eigenvalue weighted by molar-refractivity contribution is -0.152. The molecule has 2 N–H and O–H groups in total. The zero-order valence-electron chi connectivity index (χ0n) is 11.0. The Hall–Kier alpha value is -2.09. The van der Waals surface area contributed by atoms with Crippen LogP contribution in [0.25, 0.3) is 0 Å². The molecule has 0 saturated carbocycles. The second kappa shape index (κ2) is 6.57. The van der Waals surface area contributed by atoms with Crippen molar-refractivity contribution in [3.05, 3.63) is 35.9 Å². The van der Waals surface area contributed by atoms with Crippen LogP contribution in [0.4, 0.5) is 0 Å². The molecule has 21 heavy (non-hydrogen) atoms. The van der Waals surface area contributed by atoms with Crippen molar-refractivity contribution in [3.63, 3.8) is 0 Å². The highest BCUT2D eigenvalue weighted by Gasteiger charge is 2.48. The SMILES string of the molecule is O=C1O[C@H]([C@@H](O)CO)C(OCC(=O)c2ccccc2)C1=O. The molecule has 3 atom stereocenters. The summed E-state index contributed by atoms with van der Waals surface area (Å²) in [6, 6.07) is 8.28. The molecule has 1 aromatic carbocycles. The summed E-state index contributed by atoms with van der Waals surface area (Å²) in [6.07, 6.45) is -4.15. The van der Waals surface area contributed by atoms with Crippen LogP contribution in [-0.2, 0) is 19.1 Å². The minimum Gasteiger partial charge on any atom is -0.450 e. The number of aliphatic hydroxyl groups excluding tert-OH is 2. The van der Waals surface area contributed by atoms with E-state index in [0.29, 0.717) is 5.56 Å². The first-order valence-electron chi connectivity index (χ1n) is 6.28. The fraction of sp³-hybridized carbons (Fsp3) is 0.357. The van der Waals surface area contributed by atoms with Crippen LogP contribution in [0, 0.1) is 0 Å². The number of Topliss-reactive ketones (excluding diaryl/α,β-unsaturated/α-hetero) is 2. The molecule has 1 aromatic rings. The van der Waals surface area contributed by atoms with Gasteiger partial charge in [0.2, 0.25) is 0 Å². The molecule has 1 unspecified atom stereocenters. The largest absolute Gasteiger partial charge is 0.450 e. The van der Waals surface area contributed by atoms with E-state index < -0.39 is 43.3 Å². The summed E-state index contributed by atoms with van der Waals surface area (Å²) in [5, 5.41) is 18.4. The van der Waals surface area contributed by atoms with E-state index in [9.17, 15) is 19.5 Å². The third kappa shape index (κ3) is 3.33. The molecule has 7 nitrogen and oxygen atoms in total. The van der Waals surface area contributed by atoms with E-state index in [-0.39, 0.29) is 5.78 Å². The Morgan fingerprint density at radius 1 is 1.29 bits per heavy atom. The van der Waals surface area contributed by atoms with Gasteiger partial charge in [0.1, 0.15) is 12.7 Å². The third-order valence-electron chi connectivity index (χ3n) is 3.06. The van der Waals surface area contributed by atoms with Gasteiger partial charge in [-0.15, -0.1) is 0 Å². The first-order valence-corrected chi connectivity index (χ1v) is 6.28. The van der Waals surface area contributed by atoms with Gasteiger partial charge in [-0.3, -0.25) is 9.59 Å². The number of hydrogen-bond donors (Lipinski definition) is 2. The lowest BCUT2D eigenvalue weighted by atomic mass is 10.1. The Morgan fingerprint density at radius 3 is 2.57 bits per heavy atom. The molecular formula is C14H14O7. The minimum atomic E-state index is -1.45. The van der Waals surface area contributed by atoms with Crippen molar-refractivity contribution in [2.45, 2.75) is 18.3 Å². The second-order valence-corrected chi connectivity index (χ2v) is 4.50. The molecule has 0 spiro atoms. The van der Waals surface area contributed by atoms with E-state index in [1.807, 2.05) is 0 Å². The maximum Gasteiger partial charge on any atom is 0.378 e. The Labute approximate surface area is 120 Å². The normalized spacial score (nSPS) is 23.0. The topological polar surface area (TPSA) is 110 Å². The molecular weight excluding hydrogens is 280 g/mol. The number of benzene rings is 1. The number of carbonyl (C=O) groups excluding carboxylic acids is 3. The molecule has 1 fully saturated rings. The van der Waals surface area contributed by atoms with Gasteiger partial charge in [-0.1, -0.05) is 30.3 Å². The van der Waals surface area contributed by atoms with Gasteiger partial charge in [0.05, 0.1) is 6.61 Å². The highest BCUT2D eigenvalue weighted by molar-refractivity contribution is 6.37. The van der Waals surface area contributed by atoms with Crippen molar-refractivity contribution in [2.24, 2.45) is 0 Å². The van der Waals surface area contributed by atoms with Gasteiger partial charge in [-0.05, 0) is 0 Å². The fourth-order valence-corrected chi connectivity index (χ4v) is 1.94. The summed E-state index contributed by atoms with van der Waals surface area (Å²) in [5.74, 6) is -2.50. The Balaban J connectivity index is 2.02. The van der Waals surface area contributed by atoms with Crippen LogP contribution in [0.2, 0.25) is 0 Å². The summed E-state index contributed by atoms with van der Waals surface area (Å²) in [7, 11) is 0. The van der Waals surface area contributed by atoms with Crippen LogP contribution in [-0.4, -0.2) is 59.3 Å². The zero-order valence-corrected chi connectivity index (χ0v) is 11.0. The number of ether oxygens (including phenoxy) is 2. The summed E-state index contributed by atoms with van der Waals surface area (Å²) in [4.78, 5) is 34.6. The van der Waals surface area contributed by atoms with Crippen molar-refractivity contribution in [1.82, 2.24) is 0 Å². The number of rotatable bonds is 6. The van der Waals surface area contributed by atoms with Crippen molar-refractivity contribution in [3.8, 4) is 0 Å². The second-order valence-electron chi connectivity index (χ2n) is 4.50. The predicted molar refractivity (Wildman–Crippen MR) is 68.5 cm³/mol. The van der Waals surface area contributed by atoms with E-state index in [0.717, 1.165) is 0 Å².